The van der Waals surface area contributed by atoms with Gasteiger partial charge in [-0.1, -0.05) is 28.1 Å². The zero-order valence-electron chi connectivity index (χ0n) is 6.98. The lowest BCUT2D eigenvalue weighted by Gasteiger charge is -2.17. The lowest BCUT2D eigenvalue weighted by molar-refractivity contribution is -0.144. The highest BCUT2D eigenvalue weighted by molar-refractivity contribution is 9.09. The number of hydrogen-bond acceptors (Lipinski definition) is 0. The third kappa shape index (κ3) is 2.70. The molecule has 1 atom stereocenters. The summed E-state index contributed by atoms with van der Waals surface area (Å²) < 4.78 is 49.6. The fourth-order valence-electron chi connectivity index (χ4n) is 1.06. The van der Waals surface area contributed by atoms with Crippen LogP contribution >= 0.6 is 15.9 Å². The van der Waals surface area contributed by atoms with Gasteiger partial charge in [0, 0.05) is 5.33 Å². The molecule has 0 aliphatic carbocycles. The third-order valence-corrected chi connectivity index (χ3v) is 2.47. The van der Waals surface area contributed by atoms with E-state index >= 15 is 0 Å². The molecule has 1 rings (SSSR count). The number of hydrogen-bond donors (Lipinski definition) is 0. The van der Waals surface area contributed by atoms with E-state index in [2.05, 4.69) is 15.9 Å². The van der Waals surface area contributed by atoms with Gasteiger partial charge in [0.05, 0.1) is 5.92 Å². The molecule has 14 heavy (non-hydrogen) atoms. The van der Waals surface area contributed by atoms with Crippen molar-refractivity contribution < 1.29 is 17.6 Å². The minimum absolute atomic E-state index is 0.0655. The van der Waals surface area contributed by atoms with Crippen LogP contribution in [0.25, 0.3) is 0 Å². The predicted molar refractivity (Wildman–Crippen MR) is 49.0 cm³/mol. The maximum Gasteiger partial charge on any atom is 0.396 e. The second-order valence-corrected chi connectivity index (χ2v) is 3.45. The molecule has 5 heteroatoms. The summed E-state index contributed by atoms with van der Waals surface area (Å²) in [4.78, 5) is 0. The van der Waals surface area contributed by atoms with Crippen molar-refractivity contribution >= 4 is 15.9 Å². The van der Waals surface area contributed by atoms with Gasteiger partial charge in [-0.05, 0) is 17.7 Å². The van der Waals surface area contributed by atoms with Crippen LogP contribution in [-0.4, -0.2) is 11.5 Å². The lowest BCUT2D eigenvalue weighted by atomic mass is 10.0. The summed E-state index contributed by atoms with van der Waals surface area (Å²) >= 11 is 2.79. The van der Waals surface area contributed by atoms with Gasteiger partial charge >= 0.3 is 6.18 Å². The fourth-order valence-corrected chi connectivity index (χ4v) is 1.80. The molecule has 0 fully saturated rings. The smallest absolute Gasteiger partial charge is 0.207 e. The van der Waals surface area contributed by atoms with Crippen molar-refractivity contribution in [3.63, 3.8) is 0 Å². The minimum atomic E-state index is -4.30. The van der Waals surface area contributed by atoms with Crippen LogP contribution in [0.2, 0.25) is 0 Å². The van der Waals surface area contributed by atoms with Crippen molar-refractivity contribution in [1.82, 2.24) is 0 Å². The molecule has 0 aliphatic rings. The van der Waals surface area contributed by atoms with Crippen LogP contribution in [-0.2, 0) is 0 Å². The first-order valence-electron chi connectivity index (χ1n) is 3.83. The first-order valence-corrected chi connectivity index (χ1v) is 4.95. The van der Waals surface area contributed by atoms with Crippen LogP contribution in [0.3, 0.4) is 0 Å². The Bertz CT molecular complexity index is 291. The molecule has 1 aromatic carbocycles. The van der Waals surface area contributed by atoms with Gasteiger partial charge in [-0.3, -0.25) is 0 Å². The van der Waals surface area contributed by atoms with Gasteiger partial charge in [-0.15, -0.1) is 0 Å². The third-order valence-electron chi connectivity index (χ3n) is 1.82. The first kappa shape index (κ1) is 11.5. The largest absolute Gasteiger partial charge is 0.396 e. The Hall–Kier alpha value is -0.580. The summed E-state index contributed by atoms with van der Waals surface area (Å²) in [6, 6.07) is 4.34. The summed E-state index contributed by atoms with van der Waals surface area (Å²) in [5.74, 6) is -2.12. The minimum Gasteiger partial charge on any atom is -0.207 e. The van der Waals surface area contributed by atoms with Gasteiger partial charge in [0.15, 0.2) is 0 Å². The molecular formula is C9H7BrF4. The molecule has 0 saturated carbocycles. The molecule has 0 spiro atoms. The van der Waals surface area contributed by atoms with E-state index in [0.717, 1.165) is 24.3 Å². The number of rotatable bonds is 2. The molecule has 1 aromatic rings. The molecule has 0 radical (unpaired) electrons. The molecule has 0 amide bonds. The van der Waals surface area contributed by atoms with Crippen molar-refractivity contribution in [2.75, 3.05) is 5.33 Å². The second-order valence-electron chi connectivity index (χ2n) is 2.80. The predicted octanol–water partition coefficient (Wildman–Crippen LogP) is 3.87. The van der Waals surface area contributed by atoms with E-state index in [0.29, 0.717) is 0 Å². The zero-order valence-corrected chi connectivity index (χ0v) is 8.57. The summed E-state index contributed by atoms with van der Waals surface area (Å²) in [6.07, 6.45) is -4.30. The molecule has 0 aromatic heterocycles. The Kier molecular flexibility index (Phi) is 3.53. The van der Waals surface area contributed by atoms with Crippen LogP contribution < -0.4 is 0 Å². The molecule has 0 heterocycles. The number of alkyl halides is 4. The van der Waals surface area contributed by atoms with E-state index in [1.165, 1.54) is 0 Å². The highest BCUT2D eigenvalue weighted by Gasteiger charge is 2.39. The van der Waals surface area contributed by atoms with Crippen LogP contribution in [0.4, 0.5) is 17.6 Å². The van der Waals surface area contributed by atoms with E-state index in [-0.39, 0.29) is 10.9 Å². The standard InChI is InChI=1S/C9H7BrF4/c10-5-8(9(12,13)14)6-1-3-7(11)4-2-6/h1-4,8H,5H2. The Morgan fingerprint density at radius 2 is 1.64 bits per heavy atom. The van der Waals surface area contributed by atoms with Crippen molar-refractivity contribution in [2.45, 2.75) is 12.1 Å². The highest BCUT2D eigenvalue weighted by atomic mass is 79.9. The summed E-state index contributed by atoms with van der Waals surface area (Å²) in [7, 11) is 0. The van der Waals surface area contributed by atoms with E-state index in [9.17, 15) is 17.6 Å². The Morgan fingerprint density at radius 1 is 1.14 bits per heavy atom. The molecule has 78 valence electrons. The average Bonchev–Trinajstić information content (AvgIpc) is 2.07. The molecule has 0 N–H and O–H groups in total. The van der Waals surface area contributed by atoms with Gasteiger partial charge < -0.3 is 0 Å². The molecule has 0 saturated heterocycles. The van der Waals surface area contributed by atoms with Gasteiger partial charge in [0.2, 0.25) is 0 Å². The van der Waals surface area contributed by atoms with Crippen LogP contribution in [0.5, 0.6) is 0 Å². The fraction of sp³-hybridized carbons (Fsp3) is 0.333. The maximum atomic E-state index is 12.5. The topological polar surface area (TPSA) is 0 Å². The van der Waals surface area contributed by atoms with Crippen LogP contribution in [0, 0.1) is 5.82 Å². The number of halogens is 5. The van der Waals surface area contributed by atoms with Crippen LogP contribution in [0.15, 0.2) is 24.3 Å². The van der Waals surface area contributed by atoms with Gasteiger partial charge in [-0.25, -0.2) is 4.39 Å². The van der Waals surface area contributed by atoms with Crippen molar-refractivity contribution in [3.8, 4) is 0 Å². The van der Waals surface area contributed by atoms with E-state index < -0.39 is 17.9 Å². The Balaban J connectivity index is 2.96. The normalized spacial score (nSPS) is 14.1. The molecule has 0 aliphatic heterocycles. The first-order chi connectivity index (χ1) is 6.45. The van der Waals surface area contributed by atoms with Crippen molar-refractivity contribution in [3.05, 3.63) is 35.6 Å². The van der Waals surface area contributed by atoms with Crippen molar-refractivity contribution in [2.24, 2.45) is 0 Å². The van der Waals surface area contributed by atoms with E-state index in [4.69, 9.17) is 0 Å². The van der Waals surface area contributed by atoms with Gasteiger partial charge in [-0.2, -0.15) is 13.2 Å². The molecule has 1 unspecified atom stereocenters. The van der Waals surface area contributed by atoms with E-state index in [1.807, 2.05) is 0 Å². The van der Waals surface area contributed by atoms with Gasteiger partial charge in [0.25, 0.3) is 0 Å². The highest BCUT2D eigenvalue weighted by Crippen LogP contribution is 2.35. The Morgan fingerprint density at radius 3 is 2.00 bits per heavy atom. The summed E-state index contributed by atoms with van der Waals surface area (Å²) in [5, 5.41) is -0.220. The zero-order chi connectivity index (χ0) is 10.8. The summed E-state index contributed by atoms with van der Waals surface area (Å²) in [5.41, 5.74) is 0.0655. The molecule has 0 nitrogen and oxygen atoms in total. The van der Waals surface area contributed by atoms with E-state index in [1.54, 1.807) is 0 Å². The van der Waals surface area contributed by atoms with Gasteiger partial charge in [0.1, 0.15) is 5.82 Å². The van der Waals surface area contributed by atoms with Crippen molar-refractivity contribution in [1.29, 1.82) is 0 Å². The van der Waals surface area contributed by atoms with Crippen LogP contribution in [0.1, 0.15) is 11.5 Å². The maximum absolute atomic E-state index is 12.5. The number of benzene rings is 1. The Labute approximate surface area is 87.1 Å². The molecule has 0 bridgehead atoms. The molecular weight excluding hydrogens is 264 g/mol. The second kappa shape index (κ2) is 4.29. The summed E-state index contributed by atoms with van der Waals surface area (Å²) in [6.45, 7) is 0. The lowest BCUT2D eigenvalue weighted by Crippen LogP contribution is -2.21. The average molecular weight is 271 g/mol. The SMILES string of the molecule is Fc1ccc(C(CBr)C(F)(F)F)cc1. The quantitative estimate of drug-likeness (QED) is 0.566. The monoisotopic (exact) mass is 270 g/mol.